The maximum absolute atomic E-state index is 12.4. The molecule has 1 saturated heterocycles. The third-order valence-corrected chi connectivity index (χ3v) is 4.28. The molecule has 0 N–H and O–H groups in total. The normalized spacial score (nSPS) is 17.9. The smallest absolute Gasteiger partial charge is 0.246 e. The minimum atomic E-state index is -0.0415. The highest BCUT2D eigenvalue weighted by molar-refractivity contribution is 5.91. The molecule has 1 fully saturated rings. The standard InChI is InChI=1S/C17H18N6O3/c1-12-18-17(20-26-12)15-11-23(21-19-15)13-4-2-8-22(10-13)16(24)7-6-14-5-3-9-25-14/h3,5-7,9,11,13H,2,4,8,10H2,1H3/b7-6+. The van der Waals surface area contributed by atoms with Crippen LogP contribution in [0, 0.1) is 6.92 Å². The molecule has 3 aromatic heterocycles. The molecule has 3 aromatic rings. The fourth-order valence-electron chi connectivity index (χ4n) is 2.98. The summed E-state index contributed by atoms with van der Waals surface area (Å²) in [7, 11) is 0. The lowest BCUT2D eigenvalue weighted by Crippen LogP contribution is -2.40. The van der Waals surface area contributed by atoms with Gasteiger partial charge in [-0.1, -0.05) is 10.4 Å². The second-order valence-electron chi connectivity index (χ2n) is 6.15. The Labute approximate surface area is 149 Å². The molecule has 9 nitrogen and oxygen atoms in total. The number of aryl methyl sites for hydroxylation is 1. The van der Waals surface area contributed by atoms with E-state index in [2.05, 4.69) is 20.5 Å². The second-order valence-corrected chi connectivity index (χ2v) is 6.15. The van der Waals surface area contributed by atoms with Crippen molar-refractivity contribution in [2.45, 2.75) is 25.8 Å². The van der Waals surface area contributed by atoms with E-state index >= 15 is 0 Å². The van der Waals surface area contributed by atoms with Crippen LogP contribution in [0.5, 0.6) is 0 Å². The Hall–Kier alpha value is -3.23. The molecule has 1 aliphatic rings. The molecular weight excluding hydrogens is 336 g/mol. The lowest BCUT2D eigenvalue weighted by molar-refractivity contribution is -0.127. The van der Waals surface area contributed by atoms with Gasteiger partial charge in [0.2, 0.25) is 17.6 Å². The van der Waals surface area contributed by atoms with Crippen LogP contribution in [0.3, 0.4) is 0 Å². The summed E-state index contributed by atoms with van der Waals surface area (Å²) in [5.41, 5.74) is 0.558. The van der Waals surface area contributed by atoms with E-state index in [9.17, 15) is 4.79 Å². The van der Waals surface area contributed by atoms with Crippen molar-refractivity contribution in [1.82, 2.24) is 30.0 Å². The van der Waals surface area contributed by atoms with Gasteiger partial charge in [0.15, 0.2) is 5.69 Å². The first-order valence-electron chi connectivity index (χ1n) is 8.42. The minimum absolute atomic E-state index is 0.0415. The third kappa shape index (κ3) is 3.41. The van der Waals surface area contributed by atoms with Crippen molar-refractivity contribution in [2.24, 2.45) is 0 Å². The van der Waals surface area contributed by atoms with E-state index in [1.807, 2.05) is 4.90 Å². The minimum Gasteiger partial charge on any atom is -0.465 e. The van der Waals surface area contributed by atoms with Crippen LogP contribution in [0.2, 0.25) is 0 Å². The van der Waals surface area contributed by atoms with Crippen LogP contribution in [0.1, 0.15) is 30.5 Å². The van der Waals surface area contributed by atoms with E-state index in [1.165, 1.54) is 6.08 Å². The molecule has 1 atom stereocenters. The van der Waals surface area contributed by atoms with E-state index < -0.39 is 0 Å². The summed E-state index contributed by atoms with van der Waals surface area (Å²) in [6.45, 7) is 3.03. The number of nitrogens with zero attached hydrogens (tertiary/aromatic N) is 6. The molecule has 1 amide bonds. The lowest BCUT2D eigenvalue weighted by atomic mass is 10.1. The Bertz CT molecular complexity index is 911. The van der Waals surface area contributed by atoms with Crippen LogP contribution in [0.15, 0.2) is 39.6 Å². The Morgan fingerprint density at radius 1 is 1.42 bits per heavy atom. The van der Waals surface area contributed by atoms with Gasteiger partial charge in [0.1, 0.15) is 5.76 Å². The number of carbonyl (C=O) groups excluding carboxylic acids is 1. The second kappa shape index (κ2) is 6.95. The molecule has 0 bridgehead atoms. The van der Waals surface area contributed by atoms with Crippen molar-refractivity contribution >= 4 is 12.0 Å². The zero-order valence-electron chi connectivity index (χ0n) is 14.3. The van der Waals surface area contributed by atoms with Gasteiger partial charge in [0.25, 0.3) is 0 Å². The summed E-state index contributed by atoms with van der Waals surface area (Å²) < 4.78 is 12.0. The van der Waals surface area contributed by atoms with Gasteiger partial charge in [0.05, 0.1) is 18.5 Å². The number of hydrogen-bond acceptors (Lipinski definition) is 7. The molecule has 9 heteroatoms. The van der Waals surface area contributed by atoms with Crippen molar-refractivity contribution in [2.75, 3.05) is 13.1 Å². The van der Waals surface area contributed by atoms with Crippen LogP contribution in [0.25, 0.3) is 17.6 Å². The number of likely N-dealkylation sites (tertiary alicyclic amines) is 1. The Kier molecular flexibility index (Phi) is 4.34. The van der Waals surface area contributed by atoms with Crippen molar-refractivity contribution in [1.29, 1.82) is 0 Å². The summed E-state index contributed by atoms with van der Waals surface area (Å²) in [5.74, 6) is 1.51. The van der Waals surface area contributed by atoms with Gasteiger partial charge in [-0.05, 0) is 31.1 Å². The van der Waals surface area contributed by atoms with Crippen LogP contribution in [0.4, 0.5) is 0 Å². The third-order valence-electron chi connectivity index (χ3n) is 4.28. The van der Waals surface area contributed by atoms with Crippen molar-refractivity contribution in [3.05, 3.63) is 42.3 Å². The summed E-state index contributed by atoms with van der Waals surface area (Å²) in [6, 6.07) is 3.66. The molecule has 4 rings (SSSR count). The number of aromatic nitrogens is 5. The van der Waals surface area contributed by atoms with Gasteiger partial charge >= 0.3 is 0 Å². The fourth-order valence-corrected chi connectivity index (χ4v) is 2.98. The first-order chi connectivity index (χ1) is 12.7. The highest BCUT2D eigenvalue weighted by Crippen LogP contribution is 2.23. The monoisotopic (exact) mass is 354 g/mol. The van der Waals surface area contributed by atoms with Crippen LogP contribution < -0.4 is 0 Å². The predicted octanol–water partition coefficient (Wildman–Crippen LogP) is 2.11. The van der Waals surface area contributed by atoms with Gasteiger partial charge in [0, 0.05) is 26.1 Å². The quantitative estimate of drug-likeness (QED) is 0.661. The van der Waals surface area contributed by atoms with E-state index in [-0.39, 0.29) is 11.9 Å². The van der Waals surface area contributed by atoms with Crippen LogP contribution in [-0.2, 0) is 4.79 Å². The Balaban J connectivity index is 1.43. The van der Waals surface area contributed by atoms with Crippen molar-refractivity contribution < 1.29 is 13.7 Å². The number of rotatable bonds is 4. The Morgan fingerprint density at radius 2 is 2.35 bits per heavy atom. The summed E-state index contributed by atoms with van der Waals surface area (Å²) in [6.07, 6.45) is 8.42. The average Bonchev–Trinajstić information content (AvgIpc) is 3.41. The molecule has 0 aromatic carbocycles. The van der Waals surface area contributed by atoms with Crippen LogP contribution in [-0.4, -0.2) is 49.0 Å². The van der Waals surface area contributed by atoms with E-state index in [0.29, 0.717) is 29.7 Å². The first-order valence-corrected chi connectivity index (χ1v) is 8.42. The number of furan rings is 1. The van der Waals surface area contributed by atoms with E-state index in [1.54, 1.807) is 42.3 Å². The number of piperidine rings is 1. The van der Waals surface area contributed by atoms with E-state index in [4.69, 9.17) is 8.94 Å². The molecule has 0 saturated carbocycles. The molecule has 0 aliphatic carbocycles. The van der Waals surface area contributed by atoms with Gasteiger partial charge in [-0.3, -0.25) is 4.79 Å². The zero-order valence-corrected chi connectivity index (χ0v) is 14.3. The molecule has 26 heavy (non-hydrogen) atoms. The predicted molar refractivity (Wildman–Crippen MR) is 90.6 cm³/mol. The number of carbonyl (C=O) groups is 1. The SMILES string of the molecule is Cc1nc(-c2cn(C3CCCN(C(=O)/C=C/c4ccco4)C3)nn2)no1. The molecule has 0 radical (unpaired) electrons. The number of hydrogen-bond donors (Lipinski definition) is 0. The lowest BCUT2D eigenvalue weighted by Gasteiger charge is -2.31. The highest BCUT2D eigenvalue weighted by Gasteiger charge is 2.25. The van der Waals surface area contributed by atoms with Gasteiger partial charge < -0.3 is 13.8 Å². The summed E-state index contributed by atoms with van der Waals surface area (Å²) in [5, 5.41) is 12.1. The maximum Gasteiger partial charge on any atom is 0.246 e. The number of amides is 1. The highest BCUT2D eigenvalue weighted by atomic mass is 16.5. The first kappa shape index (κ1) is 16.2. The molecule has 4 heterocycles. The summed E-state index contributed by atoms with van der Waals surface area (Å²) in [4.78, 5) is 18.4. The molecule has 1 unspecified atom stereocenters. The van der Waals surface area contributed by atoms with Gasteiger partial charge in [-0.25, -0.2) is 4.68 Å². The molecular formula is C17H18N6O3. The molecule has 0 spiro atoms. The summed E-state index contributed by atoms with van der Waals surface area (Å²) >= 11 is 0. The molecule has 134 valence electrons. The fraction of sp³-hybridized carbons (Fsp3) is 0.353. The molecule has 1 aliphatic heterocycles. The van der Waals surface area contributed by atoms with Crippen molar-refractivity contribution in [3.63, 3.8) is 0 Å². The van der Waals surface area contributed by atoms with Crippen LogP contribution >= 0.6 is 0 Å². The zero-order chi connectivity index (χ0) is 17.9. The topological polar surface area (TPSA) is 103 Å². The average molecular weight is 354 g/mol. The van der Waals surface area contributed by atoms with Gasteiger partial charge in [-0.2, -0.15) is 4.98 Å². The Morgan fingerprint density at radius 3 is 3.12 bits per heavy atom. The van der Waals surface area contributed by atoms with Crippen molar-refractivity contribution in [3.8, 4) is 11.5 Å². The largest absolute Gasteiger partial charge is 0.465 e. The van der Waals surface area contributed by atoms with E-state index in [0.717, 1.165) is 19.4 Å². The van der Waals surface area contributed by atoms with Gasteiger partial charge in [-0.15, -0.1) is 5.10 Å². The maximum atomic E-state index is 12.4.